The van der Waals surface area contributed by atoms with Gasteiger partial charge in [0.15, 0.2) is 11.6 Å². The first-order valence-electron chi connectivity index (χ1n) is 6.58. The van der Waals surface area contributed by atoms with Gasteiger partial charge in [-0.2, -0.15) is 0 Å². The molecule has 0 bridgehead atoms. The molecule has 2 N–H and O–H groups in total. The standard InChI is InChI=1S/C15H16N4O2/c1-3-11-8-12(10(2)20)4-5-13(11)18-15(21)19-14-9-16-6-7-17-14/h4-9H,3H2,1-2H3,(H2,17,18,19,21). The van der Waals surface area contributed by atoms with Gasteiger partial charge in [0.1, 0.15) is 0 Å². The van der Waals surface area contributed by atoms with Crippen LogP contribution in [0.3, 0.4) is 0 Å². The van der Waals surface area contributed by atoms with Crippen LogP contribution in [-0.4, -0.2) is 21.8 Å². The van der Waals surface area contributed by atoms with E-state index in [4.69, 9.17) is 0 Å². The van der Waals surface area contributed by atoms with Gasteiger partial charge in [0.2, 0.25) is 0 Å². The van der Waals surface area contributed by atoms with Gasteiger partial charge in [-0.05, 0) is 37.1 Å². The third-order valence-corrected chi connectivity index (χ3v) is 2.95. The molecule has 1 aromatic carbocycles. The first-order valence-corrected chi connectivity index (χ1v) is 6.58. The molecule has 0 spiro atoms. The van der Waals surface area contributed by atoms with Crippen molar-refractivity contribution in [3.05, 3.63) is 47.9 Å². The third-order valence-electron chi connectivity index (χ3n) is 2.95. The maximum absolute atomic E-state index is 11.9. The highest BCUT2D eigenvalue weighted by Gasteiger charge is 2.09. The number of amides is 2. The molecule has 0 aliphatic rings. The van der Waals surface area contributed by atoms with Gasteiger partial charge in [0.25, 0.3) is 0 Å². The van der Waals surface area contributed by atoms with E-state index in [9.17, 15) is 9.59 Å². The number of hydrogen-bond acceptors (Lipinski definition) is 4. The van der Waals surface area contributed by atoms with Crippen molar-refractivity contribution in [2.75, 3.05) is 10.6 Å². The second kappa shape index (κ2) is 6.60. The Morgan fingerprint density at radius 2 is 2.00 bits per heavy atom. The summed E-state index contributed by atoms with van der Waals surface area (Å²) in [6.45, 7) is 3.48. The molecule has 2 aromatic rings. The summed E-state index contributed by atoms with van der Waals surface area (Å²) in [4.78, 5) is 31.1. The molecule has 2 rings (SSSR count). The van der Waals surface area contributed by atoms with Crippen molar-refractivity contribution in [2.24, 2.45) is 0 Å². The molecule has 108 valence electrons. The Morgan fingerprint density at radius 1 is 1.19 bits per heavy atom. The lowest BCUT2D eigenvalue weighted by Gasteiger charge is -2.11. The second-order valence-corrected chi connectivity index (χ2v) is 4.45. The van der Waals surface area contributed by atoms with E-state index in [2.05, 4.69) is 20.6 Å². The van der Waals surface area contributed by atoms with Crippen LogP contribution in [0.5, 0.6) is 0 Å². The molecule has 0 aliphatic carbocycles. The number of anilines is 2. The monoisotopic (exact) mass is 284 g/mol. The zero-order chi connectivity index (χ0) is 15.2. The lowest BCUT2D eigenvalue weighted by molar-refractivity contribution is 0.101. The Balaban J connectivity index is 2.12. The quantitative estimate of drug-likeness (QED) is 0.845. The Kier molecular flexibility index (Phi) is 4.61. The number of aryl methyl sites for hydroxylation is 1. The van der Waals surface area contributed by atoms with Crippen LogP contribution in [0.2, 0.25) is 0 Å². The van der Waals surface area contributed by atoms with Gasteiger partial charge in [-0.15, -0.1) is 0 Å². The van der Waals surface area contributed by atoms with Crippen LogP contribution in [-0.2, 0) is 6.42 Å². The van der Waals surface area contributed by atoms with Crippen LogP contribution in [0.25, 0.3) is 0 Å². The average molecular weight is 284 g/mol. The van der Waals surface area contributed by atoms with E-state index in [1.165, 1.54) is 25.5 Å². The molecular formula is C15H16N4O2. The minimum absolute atomic E-state index is 0.000242. The van der Waals surface area contributed by atoms with Crippen molar-refractivity contribution < 1.29 is 9.59 Å². The molecule has 0 fully saturated rings. The van der Waals surface area contributed by atoms with Crippen LogP contribution >= 0.6 is 0 Å². The molecule has 0 aliphatic heterocycles. The number of hydrogen-bond donors (Lipinski definition) is 2. The molecule has 0 saturated carbocycles. The summed E-state index contributed by atoms with van der Waals surface area (Å²) in [5.41, 5.74) is 2.20. The zero-order valence-corrected chi connectivity index (χ0v) is 11.9. The fourth-order valence-electron chi connectivity index (χ4n) is 1.86. The summed E-state index contributed by atoms with van der Waals surface area (Å²) in [7, 11) is 0. The maximum atomic E-state index is 11.9. The number of carbonyl (C=O) groups excluding carboxylic acids is 2. The number of urea groups is 1. The van der Waals surface area contributed by atoms with Crippen molar-refractivity contribution in [1.82, 2.24) is 9.97 Å². The van der Waals surface area contributed by atoms with Crippen molar-refractivity contribution in [3.8, 4) is 0 Å². The highest BCUT2D eigenvalue weighted by atomic mass is 16.2. The smallest absolute Gasteiger partial charge is 0.307 e. The number of nitrogens with one attached hydrogen (secondary N) is 2. The van der Waals surface area contributed by atoms with Crippen LogP contribution < -0.4 is 10.6 Å². The first-order chi connectivity index (χ1) is 10.1. The van der Waals surface area contributed by atoms with E-state index >= 15 is 0 Å². The summed E-state index contributed by atoms with van der Waals surface area (Å²) in [5, 5.41) is 5.34. The molecule has 21 heavy (non-hydrogen) atoms. The number of Topliss-reactive ketones (excluding diaryl/α,β-unsaturated/α-hetero) is 1. The fraction of sp³-hybridized carbons (Fsp3) is 0.200. The van der Waals surface area contributed by atoms with Gasteiger partial charge in [0, 0.05) is 23.6 Å². The molecule has 0 unspecified atom stereocenters. The van der Waals surface area contributed by atoms with Crippen LogP contribution in [0.1, 0.15) is 29.8 Å². The number of ketones is 1. The molecule has 1 heterocycles. The van der Waals surface area contributed by atoms with Crippen molar-refractivity contribution >= 4 is 23.3 Å². The summed E-state index contributed by atoms with van der Waals surface area (Å²) < 4.78 is 0. The number of benzene rings is 1. The van der Waals surface area contributed by atoms with E-state index < -0.39 is 6.03 Å². The van der Waals surface area contributed by atoms with E-state index in [1.807, 2.05) is 6.92 Å². The van der Waals surface area contributed by atoms with Crippen LogP contribution in [0.4, 0.5) is 16.3 Å². The number of aromatic nitrogens is 2. The van der Waals surface area contributed by atoms with E-state index in [-0.39, 0.29) is 5.78 Å². The molecule has 6 nitrogen and oxygen atoms in total. The Bertz CT molecular complexity index is 656. The van der Waals surface area contributed by atoms with Gasteiger partial charge in [0.05, 0.1) is 6.20 Å². The molecule has 1 aromatic heterocycles. The molecule has 0 saturated heterocycles. The van der Waals surface area contributed by atoms with Crippen LogP contribution in [0, 0.1) is 0 Å². The predicted molar refractivity (Wildman–Crippen MR) is 80.5 cm³/mol. The SMILES string of the molecule is CCc1cc(C(C)=O)ccc1NC(=O)Nc1cnccn1. The van der Waals surface area contributed by atoms with Gasteiger partial charge in [-0.25, -0.2) is 9.78 Å². The largest absolute Gasteiger partial charge is 0.324 e. The fourth-order valence-corrected chi connectivity index (χ4v) is 1.86. The highest BCUT2D eigenvalue weighted by molar-refractivity contribution is 6.00. The Hall–Kier alpha value is -2.76. The zero-order valence-electron chi connectivity index (χ0n) is 11.9. The van der Waals surface area contributed by atoms with Gasteiger partial charge < -0.3 is 5.32 Å². The summed E-state index contributed by atoms with van der Waals surface area (Å²) >= 11 is 0. The normalized spacial score (nSPS) is 10.0. The molecule has 0 atom stereocenters. The summed E-state index contributed by atoms with van der Waals surface area (Å²) in [6.07, 6.45) is 5.19. The van der Waals surface area contributed by atoms with Gasteiger partial charge >= 0.3 is 6.03 Å². The number of carbonyl (C=O) groups is 2. The number of rotatable bonds is 4. The van der Waals surface area contributed by atoms with E-state index in [1.54, 1.807) is 18.2 Å². The van der Waals surface area contributed by atoms with Crippen molar-refractivity contribution in [2.45, 2.75) is 20.3 Å². The maximum Gasteiger partial charge on any atom is 0.324 e. The van der Waals surface area contributed by atoms with E-state index in [0.717, 1.165) is 5.56 Å². The average Bonchev–Trinajstić information content (AvgIpc) is 2.48. The third kappa shape index (κ3) is 3.85. The van der Waals surface area contributed by atoms with Gasteiger partial charge in [-0.3, -0.25) is 15.1 Å². The predicted octanol–water partition coefficient (Wildman–Crippen LogP) is 2.89. The molecule has 0 radical (unpaired) electrons. The lowest BCUT2D eigenvalue weighted by Crippen LogP contribution is -2.21. The van der Waals surface area contributed by atoms with Crippen molar-refractivity contribution in [1.29, 1.82) is 0 Å². The molecule has 6 heteroatoms. The topological polar surface area (TPSA) is 84.0 Å². The van der Waals surface area contributed by atoms with Crippen LogP contribution in [0.15, 0.2) is 36.8 Å². The summed E-state index contributed by atoms with van der Waals surface area (Å²) in [5.74, 6) is 0.369. The van der Waals surface area contributed by atoms with Gasteiger partial charge in [-0.1, -0.05) is 6.92 Å². The lowest BCUT2D eigenvalue weighted by atomic mass is 10.0. The highest BCUT2D eigenvalue weighted by Crippen LogP contribution is 2.19. The molecular weight excluding hydrogens is 268 g/mol. The summed E-state index contributed by atoms with van der Waals surface area (Å²) in [6, 6.07) is 4.81. The first kappa shape index (κ1) is 14.6. The Labute approximate surface area is 122 Å². The number of nitrogens with zero attached hydrogens (tertiary/aromatic N) is 2. The Morgan fingerprint density at radius 3 is 2.62 bits per heavy atom. The van der Waals surface area contributed by atoms with E-state index in [0.29, 0.717) is 23.5 Å². The second-order valence-electron chi connectivity index (χ2n) is 4.45. The van der Waals surface area contributed by atoms with Crippen molar-refractivity contribution in [3.63, 3.8) is 0 Å². The minimum Gasteiger partial charge on any atom is -0.307 e. The minimum atomic E-state index is -0.402. The molecule has 2 amide bonds.